The summed E-state index contributed by atoms with van der Waals surface area (Å²) in [4.78, 5) is 76.7. The van der Waals surface area contributed by atoms with Crippen molar-refractivity contribution in [3.63, 3.8) is 0 Å². The molecular formula is C33H41N3O9. The molecule has 2 aromatic rings. The first kappa shape index (κ1) is 34.7. The number of nitrogens with zero attached hydrogens (tertiary/aromatic N) is 1. The van der Waals surface area contributed by atoms with E-state index in [0.717, 1.165) is 11.1 Å². The average molecular weight is 624 g/mol. The molecule has 3 amide bonds. The predicted molar refractivity (Wildman–Crippen MR) is 165 cm³/mol. The summed E-state index contributed by atoms with van der Waals surface area (Å²) in [6, 6.07) is 9.63. The van der Waals surface area contributed by atoms with Crippen molar-refractivity contribution in [2.45, 2.75) is 73.2 Å². The normalized spacial score (nSPS) is 13.7. The Hall–Kier alpha value is -4.74. The van der Waals surface area contributed by atoms with E-state index in [0.29, 0.717) is 16.8 Å². The number of anilines is 1. The molecule has 1 aliphatic rings. The lowest BCUT2D eigenvalue weighted by atomic mass is 9.96. The minimum atomic E-state index is -1.38. The molecule has 1 aliphatic heterocycles. The number of nitrogens with one attached hydrogen (secondary N) is 2. The number of ether oxygens (including phenoxy) is 3. The van der Waals surface area contributed by atoms with E-state index in [9.17, 15) is 28.8 Å². The highest BCUT2D eigenvalue weighted by atomic mass is 16.6. The van der Waals surface area contributed by atoms with Crippen LogP contribution >= 0.6 is 0 Å². The fraction of sp³-hybridized carbons (Fsp3) is 0.455. The predicted octanol–water partition coefficient (Wildman–Crippen LogP) is 3.47. The van der Waals surface area contributed by atoms with Crippen LogP contribution in [0.5, 0.6) is 0 Å². The minimum Gasteiger partial charge on any atom is -0.463 e. The zero-order valence-electron chi connectivity index (χ0n) is 26.7. The van der Waals surface area contributed by atoms with Gasteiger partial charge in [0.2, 0.25) is 11.8 Å². The Morgan fingerprint density at radius 1 is 0.822 bits per heavy atom. The van der Waals surface area contributed by atoms with E-state index in [-0.39, 0.29) is 24.3 Å². The molecule has 2 aromatic carbocycles. The van der Waals surface area contributed by atoms with Crippen molar-refractivity contribution in [3.8, 4) is 11.1 Å². The van der Waals surface area contributed by atoms with E-state index < -0.39 is 61.1 Å². The molecule has 0 aliphatic carbocycles. The monoisotopic (exact) mass is 623 g/mol. The molecular weight excluding hydrogens is 582 g/mol. The Morgan fingerprint density at radius 2 is 1.40 bits per heavy atom. The maximum absolute atomic E-state index is 13.8. The zero-order valence-corrected chi connectivity index (χ0v) is 26.7. The molecule has 0 saturated carbocycles. The Balaban J connectivity index is 1.91. The molecule has 0 bridgehead atoms. The van der Waals surface area contributed by atoms with Crippen molar-refractivity contribution >= 4 is 41.3 Å². The molecule has 242 valence electrons. The molecule has 45 heavy (non-hydrogen) atoms. The number of benzene rings is 2. The second-order valence-electron chi connectivity index (χ2n) is 11.6. The van der Waals surface area contributed by atoms with Gasteiger partial charge in [-0.1, -0.05) is 52.0 Å². The van der Waals surface area contributed by atoms with Gasteiger partial charge in [0.25, 0.3) is 5.91 Å². The number of esters is 3. The van der Waals surface area contributed by atoms with Crippen LogP contribution in [0.2, 0.25) is 0 Å². The molecule has 3 rings (SSSR count). The van der Waals surface area contributed by atoms with Crippen LogP contribution < -0.4 is 10.6 Å². The number of hydrogen-bond donors (Lipinski definition) is 2. The molecule has 12 heteroatoms. The summed E-state index contributed by atoms with van der Waals surface area (Å²) in [6.45, 7) is 10.4. The highest BCUT2D eigenvalue weighted by molar-refractivity contribution is 6.03. The molecule has 0 radical (unpaired) electrons. The second-order valence-corrected chi connectivity index (χ2v) is 11.6. The molecule has 0 aromatic heterocycles. The first-order chi connectivity index (χ1) is 21.2. The Kier molecular flexibility index (Phi) is 11.8. The van der Waals surface area contributed by atoms with Gasteiger partial charge in [-0.3, -0.25) is 24.0 Å². The molecule has 0 fully saturated rings. The van der Waals surface area contributed by atoms with Crippen molar-refractivity contribution in [3.05, 3.63) is 53.6 Å². The van der Waals surface area contributed by atoms with Crippen LogP contribution in [0.25, 0.3) is 11.1 Å². The third-order valence-corrected chi connectivity index (χ3v) is 7.26. The van der Waals surface area contributed by atoms with Gasteiger partial charge in [0.15, 0.2) is 6.04 Å². The van der Waals surface area contributed by atoms with Crippen LogP contribution in [0.3, 0.4) is 0 Å². The van der Waals surface area contributed by atoms with Crippen molar-refractivity contribution < 1.29 is 43.0 Å². The van der Waals surface area contributed by atoms with Crippen LogP contribution in [0.15, 0.2) is 42.5 Å². The van der Waals surface area contributed by atoms with E-state index in [1.54, 1.807) is 24.3 Å². The summed E-state index contributed by atoms with van der Waals surface area (Å²) in [5.74, 6) is -3.63. The fourth-order valence-corrected chi connectivity index (χ4v) is 5.21. The van der Waals surface area contributed by atoms with Gasteiger partial charge in [0.1, 0.15) is 25.4 Å². The van der Waals surface area contributed by atoms with Crippen LogP contribution in [-0.4, -0.2) is 71.9 Å². The van der Waals surface area contributed by atoms with Crippen LogP contribution in [0.1, 0.15) is 64.4 Å². The molecule has 2 N–H and O–H groups in total. The van der Waals surface area contributed by atoms with Crippen molar-refractivity contribution in [1.29, 1.82) is 0 Å². The fourth-order valence-electron chi connectivity index (χ4n) is 5.21. The Labute approximate surface area is 262 Å². The number of carbonyl (C=O) groups excluding carboxylic acids is 6. The Morgan fingerprint density at radius 3 is 1.96 bits per heavy atom. The highest BCUT2D eigenvalue weighted by Crippen LogP contribution is 2.34. The lowest BCUT2D eigenvalue weighted by molar-refractivity contribution is -0.162. The number of hydrogen-bond acceptors (Lipinski definition) is 9. The van der Waals surface area contributed by atoms with E-state index in [2.05, 4.69) is 10.6 Å². The van der Waals surface area contributed by atoms with E-state index in [1.807, 2.05) is 45.9 Å². The van der Waals surface area contributed by atoms with Crippen LogP contribution in [-0.2, 0) is 44.7 Å². The number of rotatable bonds is 13. The van der Waals surface area contributed by atoms with Crippen molar-refractivity contribution in [2.75, 3.05) is 18.5 Å². The standard InChI is InChI=1S/C33H41N3O9/c1-18(2)30(19(3)4)45-33(42)28(16-43-21(6)38)35-31(40)29(17-44-22(7)39)36-15-27-25(9-8-10-26(27)32(36)41)23-11-13-24(14-12-23)34-20(5)37/h8-14,18-19,28-30H,15-17H2,1-7H3,(H,34,37)(H,35,40)/t28-,29-/m0/s1. The molecule has 2 atom stereocenters. The third kappa shape index (κ3) is 9.13. The van der Waals surface area contributed by atoms with Gasteiger partial charge in [-0.15, -0.1) is 0 Å². The number of fused-ring (bicyclic) bond motifs is 1. The van der Waals surface area contributed by atoms with Crippen LogP contribution in [0.4, 0.5) is 5.69 Å². The topological polar surface area (TPSA) is 157 Å². The average Bonchev–Trinajstić information content (AvgIpc) is 3.29. The van der Waals surface area contributed by atoms with Gasteiger partial charge >= 0.3 is 17.9 Å². The largest absolute Gasteiger partial charge is 0.463 e. The quantitative estimate of drug-likeness (QED) is 0.252. The molecule has 0 unspecified atom stereocenters. The van der Waals surface area contributed by atoms with Gasteiger partial charge in [-0.2, -0.15) is 0 Å². The first-order valence-electron chi connectivity index (χ1n) is 14.8. The summed E-state index contributed by atoms with van der Waals surface area (Å²) >= 11 is 0. The summed E-state index contributed by atoms with van der Waals surface area (Å²) in [5.41, 5.74) is 3.17. The van der Waals surface area contributed by atoms with Crippen molar-refractivity contribution in [1.82, 2.24) is 10.2 Å². The smallest absolute Gasteiger partial charge is 0.332 e. The second kappa shape index (κ2) is 15.3. The number of carbonyl (C=O) groups is 6. The molecule has 12 nitrogen and oxygen atoms in total. The highest BCUT2D eigenvalue weighted by Gasteiger charge is 2.40. The lowest BCUT2D eigenvalue weighted by Crippen LogP contribution is -2.55. The van der Waals surface area contributed by atoms with Gasteiger partial charge in [0, 0.05) is 38.6 Å². The summed E-state index contributed by atoms with van der Waals surface area (Å²) in [6.07, 6.45) is -0.466. The van der Waals surface area contributed by atoms with Gasteiger partial charge < -0.3 is 29.7 Å². The summed E-state index contributed by atoms with van der Waals surface area (Å²) in [7, 11) is 0. The first-order valence-corrected chi connectivity index (χ1v) is 14.8. The van der Waals surface area contributed by atoms with E-state index >= 15 is 0 Å². The lowest BCUT2D eigenvalue weighted by Gasteiger charge is -2.30. The molecule has 1 heterocycles. The van der Waals surface area contributed by atoms with Gasteiger partial charge in [0.05, 0.1) is 0 Å². The van der Waals surface area contributed by atoms with Gasteiger partial charge in [-0.05, 0) is 46.7 Å². The molecule has 0 spiro atoms. The third-order valence-electron chi connectivity index (χ3n) is 7.26. The minimum absolute atomic E-state index is 0.0129. The zero-order chi connectivity index (χ0) is 33.4. The SMILES string of the molecule is CC(=O)Nc1ccc(-c2cccc3c2CN([C@@H](COC(C)=O)C(=O)N[C@@H](COC(C)=O)C(=O)OC(C(C)C)C(C)C)C3=O)cc1. The number of amides is 3. The summed E-state index contributed by atoms with van der Waals surface area (Å²) in [5, 5.41) is 5.27. The van der Waals surface area contributed by atoms with Crippen LogP contribution in [0, 0.1) is 11.8 Å². The van der Waals surface area contributed by atoms with Gasteiger partial charge in [-0.25, -0.2) is 4.79 Å². The van der Waals surface area contributed by atoms with E-state index in [1.165, 1.54) is 25.7 Å². The maximum atomic E-state index is 13.8. The van der Waals surface area contributed by atoms with Crippen molar-refractivity contribution in [2.24, 2.45) is 11.8 Å². The maximum Gasteiger partial charge on any atom is 0.332 e. The summed E-state index contributed by atoms with van der Waals surface area (Å²) < 4.78 is 15.9. The Bertz CT molecular complexity index is 1430. The molecule has 0 saturated heterocycles. The van der Waals surface area contributed by atoms with E-state index in [4.69, 9.17) is 14.2 Å².